The molecule has 156 valence electrons. The molecule has 30 heavy (non-hydrogen) atoms. The number of ether oxygens (including phenoxy) is 1. The second-order valence-electron chi connectivity index (χ2n) is 6.49. The van der Waals surface area contributed by atoms with Gasteiger partial charge in [0.1, 0.15) is 16.4 Å². The van der Waals surface area contributed by atoms with Gasteiger partial charge in [-0.25, -0.2) is 0 Å². The maximum Gasteiger partial charge on any atom is 0.263 e. The van der Waals surface area contributed by atoms with Gasteiger partial charge < -0.3 is 20.5 Å². The number of hydrogen-bond acceptors (Lipinski definition) is 5. The van der Waals surface area contributed by atoms with Gasteiger partial charge in [0.15, 0.2) is 0 Å². The first-order valence-electron chi connectivity index (χ1n) is 9.22. The van der Waals surface area contributed by atoms with E-state index in [1.165, 1.54) is 23.5 Å². The third-order valence-corrected chi connectivity index (χ3v) is 5.61. The fraction of sp³-hybridized carbons (Fsp3) is 0.182. The minimum Gasteiger partial charge on any atom is -0.506 e. The number of aromatic hydroxyl groups is 1. The molecule has 2 amide bonds. The fourth-order valence-corrected chi connectivity index (χ4v) is 3.89. The van der Waals surface area contributed by atoms with E-state index < -0.39 is 0 Å². The van der Waals surface area contributed by atoms with Crippen LogP contribution in [0.5, 0.6) is 11.5 Å². The van der Waals surface area contributed by atoms with E-state index in [2.05, 4.69) is 10.6 Å². The van der Waals surface area contributed by atoms with Crippen LogP contribution in [0.2, 0.25) is 5.02 Å². The molecule has 0 fully saturated rings. The van der Waals surface area contributed by atoms with Gasteiger partial charge in [0.2, 0.25) is 5.91 Å². The quantitative estimate of drug-likeness (QED) is 0.484. The molecule has 1 aromatic heterocycles. The minimum absolute atomic E-state index is 0.0364. The molecule has 1 heterocycles. The van der Waals surface area contributed by atoms with Gasteiger partial charge in [-0.3, -0.25) is 9.59 Å². The lowest BCUT2D eigenvalue weighted by molar-refractivity contribution is -0.115. The number of phenols is 1. The zero-order chi connectivity index (χ0) is 21.5. The Labute approximate surface area is 183 Å². The van der Waals surface area contributed by atoms with E-state index in [0.29, 0.717) is 29.1 Å². The molecular weight excluding hydrogens is 424 g/mol. The molecule has 0 aliphatic carbocycles. The number of amides is 2. The molecule has 0 saturated carbocycles. The van der Waals surface area contributed by atoms with Gasteiger partial charge in [-0.05, 0) is 47.2 Å². The first-order chi connectivity index (χ1) is 14.5. The van der Waals surface area contributed by atoms with Crippen molar-refractivity contribution in [2.24, 2.45) is 0 Å². The van der Waals surface area contributed by atoms with Crippen LogP contribution in [-0.2, 0) is 17.6 Å². The summed E-state index contributed by atoms with van der Waals surface area (Å²) in [4.78, 5) is 25.4. The third-order valence-electron chi connectivity index (χ3n) is 4.39. The van der Waals surface area contributed by atoms with Crippen LogP contribution in [0.1, 0.15) is 20.8 Å². The van der Waals surface area contributed by atoms with Crippen LogP contribution in [0.4, 0.5) is 5.69 Å². The number of carbonyl (C=O) groups is 2. The van der Waals surface area contributed by atoms with E-state index in [1.54, 1.807) is 24.6 Å². The van der Waals surface area contributed by atoms with Crippen LogP contribution >= 0.6 is 22.9 Å². The lowest BCUT2D eigenvalue weighted by Crippen LogP contribution is -2.26. The summed E-state index contributed by atoms with van der Waals surface area (Å²) in [6.45, 7) is 0.441. The Morgan fingerprint density at radius 1 is 1.17 bits per heavy atom. The zero-order valence-electron chi connectivity index (χ0n) is 16.3. The number of thiophene rings is 1. The zero-order valence-corrected chi connectivity index (χ0v) is 17.8. The van der Waals surface area contributed by atoms with Crippen molar-refractivity contribution in [3.05, 3.63) is 74.9 Å². The molecule has 3 N–H and O–H groups in total. The summed E-state index contributed by atoms with van der Waals surface area (Å²) in [5.74, 6) is 0.219. The molecule has 6 nitrogen and oxygen atoms in total. The minimum atomic E-state index is -0.279. The highest BCUT2D eigenvalue weighted by Crippen LogP contribution is 2.25. The monoisotopic (exact) mass is 444 g/mol. The van der Waals surface area contributed by atoms with Crippen molar-refractivity contribution >= 4 is 40.4 Å². The van der Waals surface area contributed by atoms with Crippen LogP contribution < -0.4 is 15.4 Å². The molecule has 3 rings (SSSR count). The number of phenolic OH excluding ortho intramolecular Hbond substituents is 1. The van der Waals surface area contributed by atoms with Gasteiger partial charge in [0, 0.05) is 6.54 Å². The first-order valence-corrected chi connectivity index (χ1v) is 10.5. The molecule has 2 aromatic carbocycles. The molecule has 0 atom stereocenters. The fourth-order valence-electron chi connectivity index (χ4n) is 2.92. The molecule has 0 spiro atoms. The number of para-hydroxylation sites is 1. The van der Waals surface area contributed by atoms with E-state index in [0.717, 1.165) is 11.3 Å². The highest BCUT2D eigenvalue weighted by atomic mass is 35.5. The Balaban J connectivity index is 1.56. The van der Waals surface area contributed by atoms with Crippen LogP contribution in [0.25, 0.3) is 0 Å². The van der Waals surface area contributed by atoms with Gasteiger partial charge in [-0.2, -0.15) is 0 Å². The van der Waals surface area contributed by atoms with Crippen LogP contribution in [-0.4, -0.2) is 30.6 Å². The number of anilines is 1. The predicted octanol–water partition coefficient (Wildman–Crippen LogP) is 4.27. The molecule has 0 radical (unpaired) electrons. The molecular formula is C22H21ClN2O4S. The van der Waals surface area contributed by atoms with E-state index in [-0.39, 0.29) is 29.0 Å². The number of halogens is 1. The van der Waals surface area contributed by atoms with Crippen molar-refractivity contribution in [3.8, 4) is 11.5 Å². The number of methoxy groups -OCH3 is 1. The SMILES string of the molecule is COc1ccccc1CCNC(=O)c1sccc1NC(=O)Cc1ccc(O)c(Cl)c1. The van der Waals surface area contributed by atoms with Crippen molar-refractivity contribution in [2.45, 2.75) is 12.8 Å². The second kappa shape index (κ2) is 10.1. The Bertz CT molecular complexity index is 1050. The van der Waals surface area contributed by atoms with Gasteiger partial charge in [0.25, 0.3) is 5.91 Å². The summed E-state index contributed by atoms with van der Waals surface area (Å²) in [5.41, 5.74) is 2.13. The smallest absolute Gasteiger partial charge is 0.263 e. The highest BCUT2D eigenvalue weighted by Gasteiger charge is 2.16. The van der Waals surface area contributed by atoms with Crippen molar-refractivity contribution in [2.75, 3.05) is 19.0 Å². The number of hydrogen-bond donors (Lipinski definition) is 3. The van der Waals surface area contributed by atoms with Crippen molar-refractivity contribution < 1.29 is 19.4 Å². The summed E-state index contributed by atoms with van der Waals surface area (Å²) >= 11 is 7.14. The highest BCUT2D eigenvalue weighted by molar-refractivity contribution is 7.12. The van der Waals surface area contributed by atoms with Gasteiger partial charge >= 0.3 is 0 Å². The summed E-state index contributed by atoms with van der Waals surface area (Å²) in [6, 6.07) is 14.0. The van der Waals surface area contributed by atoms with E-state index in [4.69, 9.17) is 16.3 Å². The molecule has 3 aromatic rings. The van der Waals surface area contributed by atoms with Gasteiger partial charge in [-0.15, -0.1) is 11.3 Å². The van der Waals surface area contributed by atoms with Crippen molar-refractivity contribution in [3.63, 3.8) is 0 Å². The molecule has 0 aliphatic rings. The van der Waals surface area contributed by atoms with Crippen molar-refractivity contribution in [1.29, 1.82) is 0 Å². The molecule has 0 aliphatic heterocycles. The first kappa shape index (κ1) is 21.7. The third kappa shape index (κ3) is 5.52. The number of benzene rings is 2. The maximum atomic E-state index is 12.6. The second-order valence-corrected chi connectivity index (χ2v) is 7.82. The lowest BCUT2D eigenvalue weighted by atomic mass is 10.1. The normalized spacial score (nSPS) is 10.5. The van der Waals surface area contributed by atoms with Crippen LogP contribution in [0.3, 0.4) is 0 Å². The molecule has 0 bridgehead atoms. The van der Waals surface area contributed by atoms with E-state index in [9.17, 15) is 14.7 Å². The average molecular weight is 445 g/mol. The number of rotatable bonds is 8. The summed E-state index contributed by atoms with van der Waals surface area (Å²) < 4.78 is 5.32. The number of nitrogens with one attached hydrogen (secondary N) is 2. The lowest BCUT2D eigenvalue weighted by Gasteiger charge is -2.10. The topological polar surface area (TPSA) is 87.7 Å². The Hall–Kier alpha value is -3.03. The van der Waals surface area contributed by atoms with Crippen molar-refractivity contribution in [1.82, 2.24) is 5.32 Å². The van der Waals surface area contributed by atoms with Gasteiger partial charge in [-0.1, -0.05) is 35.9 Å². The summed E-state index contributed by atoms with van der Waals surface area (Å²) in [6.07, 6.45) is 0.704. The standard InChI is InChI=1S/C22H21ClN2O4S/c1-29-19-5-3-2-4-15(19)8-10-24-22(28)21-17(9-11-30-21)25-20(27)13-14-6-7-18(26)16(23)12-14/h2-7,9,11-12,26H,8,10,13H2,1H3,(H,24,28)(H,25,27). The number of carbonyl (C=O) groups excluding carboxylic acids is 2. The average Bonchev–Trinajstić information content (AvgIpc) is 3.19. The molecule has 0 saturated heterocycles. The predicted molar refractivity (Wildman–Crippen MR) is 119 cm³/mol. The van der Waals surface area contributed by atoms with E-state index >= 15 is 0 Å². The Morgan fingerprint density at radius 3 is 2.73 bits per heavy atom. The van der Waals surface area contributed by atoms with Crippen LogP contribution in [0.15, 0.2) is 53.9 Å². The van der Waals surface area contributed by atoms with Gasteiger partial charge in [0.05, 0.1) is 24.2 Å². The largest absolute Gasteiger partial charge is 0.506 e. The summed E-state index contributed by atoms with van der Waals surface area (Å²) in [7, 11) is 1.62. The Kier molecular flexibility index (Phi) is 7.32. The van der Waals surface area contributed by atoms with Crippen LogP contribution in [0, 0.1) is 0 Å². The van der Waals surface area contributed by atoms with E-state index in [1.807, 2.05) is 24.3 Å². The Morgan fingerprint density at radius 2 is 1.97 bits per heavy atom. The summed E-state index contributed by atoms with van der Waals surface area (Å²) in [5, 5.41) is 17.1. The molecule has 8 heteroatoms. The molecule has 0 unspecified atom stereocenters. The maximum absolute atomic E-state index is 12.6.